The number of rotatable bonds is 2. The number of nitrogens with zero attached hydrogens (tertiary/aromatic N) is 4. The maximum absolute atomic E-state index is 5.70. The molecule has 0 aliphatic carbocycles. The van der Waals surface area contributed by atoms with Crippen LogP contribution in [0.1, 0.15) is 0 Å². The zero-order valence-corrected chi connectivity index (χ0v) is 10.5. The molecule has 0 aliphatic heterocycles. The lowest BCUT2D eigenvalue weighted by Gasteiger charge is -2.18. The highest BCUT2D eigenvalue weighted by Gasteiger charge is 2.10. The fourth-order valence-corrected chi connectivity index (χ4v) is 1.98. The molecule has 1 heterocycles. The van der Waals surface area contributed by atoms with Crippen LogP contribution in [0.25, 0.3) is 10.9 Å². The van der Waals surface area contributed by atoms with Crippen LogP contribution < -0.4 is 10.6 Å². The number of aromatic nitrogens is 3. The van der Waals surface area contributed by atoms with E-state index in [9.17, 15) is 0 Å². The van der Waals surface area contributed by atoms with E-state index in [4.69, 9.17) is 5.73 Å². The second-order valence-electron chi connectivity index (χ2n) is 4.28. The largest absolute Gasteiger partial charge is 0.399 e. The predicted molar refractivity (Wildman–Crippen MR) is 76.3 cm³/mol. The van der Waals surface area contributed by atoms with Crippen molar-refractivity contribution < 1.29 is 0 Å². The molecular weight excluding hydrogens is 238 g/mol. The monoisotopic (exact) mass is 251 g/mol. The van der Waals surface area contributed by atoms with Crippen molar-refractivity contribution in [2.45, 2.75) is 0 Å². The summed E-state index contributed by atoms with van der Waals surface area (Å²) in [5.41, 5.74) is 8.27. The molecule has 5 heteroatoms. The number of nitrogen functional groups attached to an aromatic ring is 1. The molecule has 3 aromatic rings. The van der Waals surface area contributed by atoms with Crippen molar-refractivity contribution in [3.8, 4) is 0 Å². The number of hydrogen-bond acceptors (Lipinski definition) is 5. The van der Waals surface area contributed by atoms with Gasteiger partial charge in [0.05, 0.1) is 5.52 Å². The second kappa shape index (κ2) is 4.53. The van der Waals surface area contributed by atoms with E-state index in [-0.39, 0.29) is 0 Å². The van der Waals surface area contributed by atoms with Crippen LogP contribution in [0.3, 0.4) is 0 Å². The van der Waals surface area contributed by atoms with Gasteiger partial charge in [0.1, 0.15) is 0 Å². The van der Waals surface area contributed by atoms with Crippen molar-refractivity contribution in [3.63, 3.8) is 0 Å². The van der Waals surface area contributed by atoms with Gasteiger partial charge in [-0.25, -0.2) is 0 Å². The van der Waals surface area contributed by atoms with Gasteiger partial charge >= 0.3 is 0 Å². The Morgan fingerprint density at radius 1 is 0.947 bits per heavy atom. The summed E-state index contributed by atoms with van der Waals surface area (Å²) in [5, 5.41) is 12.9. The molecular formula is C14H13N5. The second-order valence-corrected chi connectivity index (χ2v) is 4.28. The molecule has 94 valence electrons. The minimum atomic E-state index is 0.739. The van der Waals surface area contributed by atoms with E-state index >= 15 is 0 Å². The van der Waals surface area contributed by atoms with E-state index in [1.165, 1.54) is 0 Å². The highest BCUT2D eigenvalue weighted by atomic mass is 15.4. The maximum atomic E-state index is 5.70. The first-order valence-corrected chi connectivity index (χ1v) is 5.93. The van der Waals surface area contributed by atoms with Gasteiger partial charge in [-0.1, -0.05) is 12.1 Å². The van der Waals surface area contributed by atoms with E-state index in [0.29, 0.717) is 0 Å². The third-order valence-electron chi connectivity index (χ3n) is 3.03. The Labute approximate surface area is 110 Å². The minimum Gasteiger partial charge on any atom is -0.399 e. The van der Waals surface area contributed by atoms with Crippen LogP contribution in [0.4, 0.5) is 17.2 Å². The van der Waals surface area contributed by atoms with Crippen LogP contribution in [0.5, 0.6) is 0 Å². The smallest absolute Gasteiger partial charge is 0.166 e. The molecule has 2 N–H and O–H groups in total. The van der Waals surface area contributed by atoms with Crippen LogP contribution in [0.15, 0.2) is 48.5 Å². The van der Waals surface area contributed by atoms with Gasteiger partial charge in [-0.2, -0.15) is 0 Å². The van der Waals surface area contributed by atoms with Gasteiger partial charge in [0, 0.05) is 23.8 Å². The lowest BCUT2D eigenvalue weighted by Crippen LogP contribution is -2.13. The van der Waals surface area contributed by atoms with Crippen LogP contribution in [-0.2, 0) is 0 Å². The van der Waals surface area contributed by atoms with E-state index in [2.05, 4.69) is 15.4 Å². The van der Waals surface area contributed by atoms with E-state index in [1.807, 2.05) is 60.5 Å². The SMILES string of the molecule is CN(c1ccc(N)cc1)c1nnnc2ccccc12. The van der Waals surface area contributed by atoms with Gasteiger partial charge in [0.2, 0.25) is 0 Å². The van der Waals surface area contributed by atoms with Gasteiger partial charge in [-0.3, -0.25) is 0 Å². The molecule has 0 saturated carbocycles. The Morgan fingerprint density at radius 3 is 2.47 bits per heavy atom. The third kappa shape index (κ3) is 2.06. The lowest BCUT2D eigenvalue weighted by atomic mass is 10.2. The van der Waals surface area contributed by atoms with Crippen LogP contribution >= 0.6 is 0 Å². The van der Waals surface area contributed by atoms with Crippen molar-refractivity contribution in [3.05, 3.63) is 48.5 Å². The number of anilines is 3. The molecule has 3 rings (SSSR count). The lowest BCUT2D eigenvalue weighted by molar-refractivity contribution is 0.882. The van der Waals surface area contributed by atoms with Gasteiger partial charge < -0.3 is 10.6 Å². The Morgan fingerprint density at radius 2 is 1.68 bits per heavy atom. The highest BCUT2D eigenvalue weighted by molar-refractivity contribution is 5.90. The zero-order valence-electron chi connectivity index (χ0n) is 10.5. The molecule has 19 heavy (non-hydrogen) atoms. The van der Waals surface area contributed by atoms with Gasteiger partial charge in [0.15, 0.2) is 5.82 Å². The molecule has 0 unspecified atom stereocenters. The molecule has 0 atom stereocenters. The first-order chi connectivity index (χ1) is 9.25. The first kappa shape index (κ1) is 11.4. The molecule has 5 nitrogen and oxygen atoms in total. The van der Waals surface area contributed by atoms with Crippen molar-refractivity contribution in [1.82, 2.24) is 15.4 Å². The van der Waals surface area contributed by atoms with Crippen LogP contribution in [0, 0.1) is 0 Å². The minimum absolute atomic E-state index is 0.739. The van der Waals surface area contributed by atoms with Crippen LogP contribution in [-0.4, -0.2) is 22.5 Å². The number of fused-ring (bicyclic) bond motifs is 1. The summed E-state index contributed by atoms with van der Waals surface area (Å²) < 4.78 is 0. The summed E-state index contributed by atoms with van der Waals surface area (Å²) in [6, 6.07) is 15.4. The fourth-order valence-electron chi connectivity index (χ4n) is 1.98. The van der Waals surface area contributed by atoms with Gasteiger partial charge in [0.25, 0.3) is 0 Å². The Bertz CT molecular complexity index is 703. The highest BCUT2D eigenvalue weighted by Crippen LogP contribution is 2.27. The molecule has 0 saturated heterocycles. The third-order valence-corrected chi connectivity index (χ3v) is 3.03. The van der Waals surface area contributed by atoms with Crippen LogP contribution in [0.2, 0.25) is 0 Å². The van der Waals surface area contributed by atoms with Crippen molar-refractivity contribution in [2.75, 3.05) is 17.7 Å². The van der Waals surface area contributed by atoms with E-state index in [0.717, 1.165) is 28.1 Å². The van der Waals surface area contributed by atoms with E-state index in [1.54, 1.807) is 0 Å². The summed E-state index contributed by atoms with van der Waals surface area (Å²) in [6.45, 7) is 0. The zero-order chi connectivity index (χ0) is 13.2. The maximum Gasteiger partial charge on any atom is 0.166 e. The van der Waals surface area contributed by atoms with Crippen molar-refractivity contribution >= 4 is 28.1 Å². The molecule has 0 aliphatic rings. The van der Waals surface area contributed by atoms with E-state index < -0.39 is 0 Å². The average Bonchev–Trinajstić information content (AvgIpc) is 2.47. The number of benzene rings is 2. The first-order valence-electron chi connectivity index (χ1n) is 5.93. The summed E-state index contributed by atoms with van der Waals surface area (Å²) in [5.74, 6) is 0.773. The standard InChI is InChI=1S/C14H13N5/c1-19(11-8-6-10(15)7-9-11)14-12-4-2-3-5-13(12)16-18-17-14/h2-9H,15H2,1H3. The summed E-state index contributed by atoms with van der Waals surface area (Å²) in [4.78, 5) is 1.97. The van der Waals surface area contributed by atoms with Gasteiger partial charge in [-0.15, -0.1) is 10.2 Å². The molecule has 0 fully saturated rings. The Balaban J connectivity index is 2.11. The molecule has 0 spiro atoms. The topological polar surface area (TPSA) is 67.9 Å². The summed E-state index contributed by atoms with van der Waals surface area (Å²) in [7, 11) is 1.95. The molecule has 2 aromatic carbocycles. The Hall–Kier alpha value is -2.69. The fraction of sp³-hybridized carbons (Fsp3) is 0.0714. The molecule has 0 amide bonds. The number of hydrogen-bond donors (Lipinski definition) is 1. The summed E-state index contributed by atoms with van der Waals surface area (Å²) >= 11 is 0. The molecule has 0 radical (unpaired) electrons. The Kier molecular flexibility index (Phi) is 2.72. The predicted octanol–water partition coefficient (Wildman–Crippen LogP) is 2.37. The average molecular weight is 251 g/mol. The van der Waals surface area contributed by atoms with Crippen molar-refractivity contribution in [1.29, 1.82) is 0 Å². The molecule has 0 bridgehead atoms. The van der Waals surface area contributed by atoms with Gasteiger partial charge in [-0.05, 0) is 41.6 Å². The number of nitrogens with two attached hydrogens (primary N) is 1. The summed E-state index contributed by atoms with van der Waals surface area (Å²) in [6.07, 6.45) is 0. The van der Waals surface area contributed by atoms with Crippen molar-refractivity contribution in [2.24, 2.45) is 0 Å². The molecule has 1 aromatic heterocycles. The quantitative estimate of drug-likeness (QED) is 0.708. The normalized spacial score (nSPS) is 10.6.